The predicted octanol–water partition coefficient (Wildman–Crippen LogP) is -1.56. The van der Waals surface area contributed by atoms with Gasteiger partial charge in [-0.2, -0.15) is 16.8 Å². The second-order valence-corrected chi connectivity index (χ2v) is 7.32. The average molecular weight is 332 g/mol. The lowest BCUT2D eigenvalue weighted by molar-refractivity contribution is -0.857. The van der Waals surface area contributed by atoms with E-state index in [0.717, 1.165) is 9.46 Å². The number of pyridine rings is 2. The summed E-state index contributed by atoms with van der Waals surface area (Å²) >= 11 is 0. The molecule has 0 saturated carbocycles. The summed E-state index contributed by atoms with van der Waals surface area (Å²) in [5.41, 5.74) is 0. The van der Waals surface area contributed by atoms with Crippen LogP contribution in [-0.2, 0) is 20.2 Å². The van der Waals surface area contributed by atoms with Crippen molar-refractivity contribution in [3.8, 4) is 0 Å². The summed E-state index contributed by atoms with van der Waals surface area (Å²) in [4.78, 5) is 0. The molecule has 2 heterocycles. The second kappa shape index (κ2) is 6.06. The summed E-state index contributed by atoms with van der Waals surface area (Å²) in [6.07, 6.45) is 5.27. The second-order valence-electron chi connectivity index (χ2n) is 3.85. The van der Waals surface area contributed by atoms with Crippen LogP contribution in [-0.4, -0.2) is 21.9 Å². The van der Waals surface area contributed by atoms with Crippen LogP contribution in [0.1, 0.15) is 0 Å². The minimum atomic E-state index is -4.38. The van der Waals surface area contributed by atoms with E-state index in [4.69, 9.17) is 0 Å². The number of nitrogens with zero attached hydrogens (tertiary/aromatic N) is 2. The molecule has 0 bridgehead atoms. The van der Waals surface area contributed by atoms with Crippen molar-refractivity contribution >= 4 is 20.2 Å². The molecule has 0 radical (unpaired) electrons. The molecule has 2 aromatic rings. The van der Waals surface area contributed by atoms with Gasteiger partial charge in [0.1, 0.15) is 0 Å². The zero-order valence-electron chi connectivity index (χ0n) is 10.6. The Balaban J connectivity index is 2.09. The lowest BCUT2D eigenvalue weighted by Crippen LogP contribution is -2.50. The molecule has 0 unspecified atom stereocenters. The van der Waals surface area contributed by atoms with Crippen molar-refractivity contribution in [2.75, 3.05) is 5.08 Å². The van der Waals surface area contributed by atoms with E-state index in [2.05, 4.69) is 8.57 Å². The molecule has 8 nitrogen and oxygen atoms in total. The molecule has 0 aliphatic carbocycles. The summed E-state index contributed by atoms with van der Waals surface area (Å²) in [5, 5.41) is -1.32. The van der Waals surface area contributed by atoms with Crippen LogP contribution in [0.4, 0.5) is 0 Å². The fourth-order valence-electron chi connectivity index (χ4n) is 1.35. The van der Waals surface area contributed by atoms with Crippen LogP contribution in [0.5, 0.6) is 0 Å². The Kier molecular flexibility index (Phi) is 4.38. The van der Waals surface area contributed by atoms with Crippen LogP contribution in [0.2, 0.25) is 0 Å². The Morgan fingerprint density at radius 3 is 1.29 bits per heavy atom. The summed E-state index contributed by atoms with van der Waals surface area (Å²) in [6.45, 7) is 0. The van der Waals surface area contributed by atoms with Crippen molar-refractivity contribution in [2.45, 2.75) is 0 Å². The number of hydrogen-bond donors (Lipinski definition) is 0. The maximum absolute atomic E-state index is 11.7. The van der Waals surface area contributed by atoms with E-state index in [9.17, 15) is 16.8 Å². The van der Waals surface area contributed by atoms with E-state index in [-0.39, 0.29) is 0 Å². The van der Waals surface area contributed by atoms with Crippen LogP contribution in [0.15, 0.2) is 61.2 Å². The van der Waals surface area contributed by atoms with Crippen LogP contribution in [0, 0.1) is 0 Å². The largest absolute Gasteiger partial charge is 0.385 e. The first-order chi connectivity index (χ1) is 9.86. The van der Waals surface area contributed by atoms with Gasteiger partial charge in [-0.05, 0) is 0 Å². The maximum atomic E-state index is 11.7. The molecule has 21 heavy (non-hydrogen) atoms. The Morgan fingerprint density at radius 2 is 0.952 bits per heavy atom. The van der Waals surface area contributed by atoms with E-state index < -0.39 is 25.3 Å². The summed E-state index contributed by atoms with van der Waals surface area (Å²) in [5.74, 6) is 0. The molecule has 0 aromatic carbocycles. The standard InChI is InChI=1S/C11H12N2O6S2/c14-20(15,18-12-7-3-1-4-8-12)11-21(16,17)19-13-9-5-2-6-10-13/h1-10H,11H2/q+2. The lowest BCUT2D eigenvalue weighted by atomic mass is 10.5. The Morgan fingerprint density at radius 1 is 0.619 bits per heavy atom. The molecule has 2 aromatic heterocycles. The van der Waals surface area contributed by atoms with Gasteiger partial charge in [-0.15, -0.1) is 8.57 Å². The molecule has 2 rings (SSSR count). The van der Waals surface area contributed by atoms with Gasteiger partial charge >= 0.3 is 20.2 Å². The molecule has 0 atom stereocenters. The van der Waals surface area contributed by atoms with Crippen LogP contribution in [0.3, 0.4) is 0 Å². The van der Waals surface area contributed by atoms with Crippen molar-refractivity contribution in [1.82, 2.24) is 0 Å². The molecule has 0 amide bonds. The van der Waals surface area contributed by atoms with E-state index in [1.807, 2.05) is 0 Å². The van der Waals surface area contributed by atoms with Crippen LogP contribution >= 0.6 is 0 Å². The van der Waals surface area contributed by atoms with Gasteiger partial charge < -0.3 is 0 Å². The molecular formula is C11H12N2O6S2+2. The smallest absolute Gasteiger partial charge is 0.180 e. The lowest BCUT2D eigenvalue weighted by Gasteiger charge is -2.00. The quantitative estimate of drug-likeness (QED) is 0.594. The first kappa shape index (κ1) is 15.2. The zero-order valence-corrected chi connectivity index (χ0v) is 12.3. The first-order valence-electron chi connectivity index (χ1n) is 5.64. The highest BCUT2D eigenvalue weighted by atomic mass is 32.3. The third-order valence-electron chi connectivity index (χ3n) is 2.06. The Labute approximate surface area is 122 Å². The average Bonchev–Trinajstić information content (AvgIpc) is 2.38. The van der Waals surface area contributed by atoms with Gasteiger partial charge in [0, 0.05) is 33.7 Å². The highest BCUT2D eigenvalue weighted by molar-refractivity contribution is 8.03. The molecule has 0 saturated heterocycles. The minimum absolute atomic E-state index is 0.876. The van der Waals surface area contributed by atoms with Crippen molar-refractivity contribution in [1.29, 1.82) is 0 Å². The SMILES string of the molecule is O=S(=O)(CS(=O)(=O)O[n+]1ccccc1)O[n+]1ccccc1. The predicted molar refractivity (Wildman–Crippen MR) is 69.1 cm³/mol. The molecular weight excluding hydrogens is 320 g/mol. The summed E-state index contributed by atoms with van der Waals surface area (Å²) < 4.78 is 57.7. The van der Waals surface area contributed by atoms with E-state index in [1.54, 1.807) is 12.1 Å². The normalized spacial score (nSPS) is 11.8. The molecule has 0 aliphatic rings. The van der Waals surface area contributed by atoms with Gasteiger partial charge in [-0.3, -0.25) is 0 Å². The van der Waals surface area contributed by atoms with Gasteiger partial charge in [0.05, 0.1) is 0 Å². The van der Waals surface area contributed by atoms with E-state index >= 15 is 0 Å². The highest BCUT2D eigenvalue weighted by Gasteiger charge is 2.32. The number of hydrogen-bond acceptors (Lipinski definition) is 6. The van der Waals surface area contributed by atoms with Crippen LogP contribution in [0.25, 0.3) is 0 Å². The van der Waals surface area contributed by atoms with E-state index in [0.29, 0.717) is 0 Å². The Bertz CT molecular complexity index is 722. The number of aromatic nitrogens is 2. The molecule has 0 spiro atoms. The highest BCUT2D eigenvalue weighted by Crippen LogP contribution is 1.94. The number of rotatable bonds is 6. The van der Waals surface area contributed by atoms with Crippen LogP contribution < -0.4 is 18.0 Å². The van der Waals surface area contributed by atoms with Crippen molar-refractivity contribution in [2.24, 2.45) is 0 Å². The fraction of sp³-hybridized carbons (Fsp3) is 0.0909. The van der Waals surface area contributed by atoms with Gasteiger partial charge in [0.15, 0.2) is 0 Å². The van der Waals surface area contributed by atoms with Gasteiger partial charge in [-0.1, -0.05) is 12.1 Å². The van der Waals surface area contributed by atoms with Gasteiger partial charge in [-0.25, -0.2) is 0 Å². The monoisotopic (exact) mass is 332 g/mol. The molecule has 0 aliphatic heterocycles. The fourth-order valence-corrected chi connectivity index (χ4v) is 3.83. The molecule has 0 N–H and O–H groups in total. The Hall–Kier alpha value is -2.20. The van der Waals surface area contributed by atoms with E-state index in [1.165, 1.54) is 49.1 Å². The van der Waals surface area contributed by atoms with Crippen molar-refractivity contribution in [3.05, 3.63) is 61.2 Å². The third-order valence-corrected chi connectivity index (χ3v) is 5.17. The minimum Gasteiger partial charge on any atom is -0.180 e. The third kappa shape index (κ3) is 5.00. The van der Waals surface area contributed by atoms with Gasteiger partial charge in [0.25, 0.3) is 0 Å². The topological polar surface area (TPSA) is 94.5 Å². The van der Waals surface area contributed by atoms with Crippen molar-refractivity contribution < 1.29 is 34.9 Å². The van der Waals surface area contributed by atoms with Crippen molar-refractivity contribution in [3.63, 3.8) is 0 Å². The summed E-state index contributed by atoms with van der Waals surface area (Å²) in [6, 6.07) is 9.41. The zero-order chi connectivity index (χ0) is 15.3. The molecule has 0 fully saturated rings. The van der Waals surface area contributed by atoms with Gasteiger partial charge in [0.2, 0.25) is 29.9 Å². The molecule has 10 heteroatoms. The maximum Gasteiger partial charge on any atom is 0.385 e. The summed E-state index contributed by atoms with van der Waals surface area (Å²) in [7, 11) is -8.75. The molecule has 112 valence electrons. The first-order valence-corrected chi connectivity index (χ1v) is 8.80.